The summed E-state index contributed by atoms with van der Waals surface area (Å²) in [6, 6.07) is 10.8. The van der Waals surface area contributed by atoms with E-state index in [1.54, 1.807) is 0 Å². The van der Waals surface area contributed by atoms with Crippen LogP contribution in [0.1, 0.15) is 43.0 Å². The van der Waals surface area contributed by atoms with Crippen molar-refractivity contribution >= 4 is 0 Å². The lowest BCUT2D eigenvalue weighted by Gasteiger charge is -2.10. The summed E-state index contributed by atoms with van der Waals surface area (Å²) in [5.74, 6) is 0.446. The molecule has 2 aromatic rings. The summed E-state index contributed by atoms with van der Waals surface area (Å²) in [5.41, 5.74) is 6.23. The molecule has 2 nitrogen and oxygen atoms in total. The fourth-order valence-electron chi connectivity index (χ4n) is 2.59. The molecule has 0 saturated heterocycles. The van der Waals surface area contributed by atoms with Gasteiger partial charge in [0.1, 0.15) is 0 Å². The van der Waals surface area contributed by atoms with E-state index < -0.39 is 0 Å². The molecule has 0 unspecified atom stereocenters. The van der Waals surface area contributed by atoms with Gasteiger partial charge in [-0.15, -0.1) is 5.10 Å². The molecule has 3 rings (SSSR count). The number of aryl methyl sites for hydroxylation is 2. The topological polar surface area (TPSA) is 25.8 Å². The molecule has 1 aliphatic carbocycles. The van der Waals surface area contributed by atoms with Gasteiger partial charge in [0.15, 0.2) is 0 Å². The van der Waals surface area contributed by atoms with Gasteiger partial charge < -0.3 is 0 Å². The molecule has 1 heterocycles. The Hall–Kier alpha value is -1.70. The van der Waals surface area contributed by atoms with Gasteiger partial charge in [0, 0.05) is 5.56 Å². The van der Waals surface area contributed by atoms with Crippen molar-refractivity contribution in [3.8, 4) is 11.3 Å². The first kappa shape index (κ1) is 11.4. The van der Waals surface area contributed by atoms with Crippen LogP contribution in [0.25, 0.3) is 11.3 Å². The quantitative estimate of drug-likeness (QED) is 0.756. The summed E-state index contributed by atoms with van der Waals surface area (Å²) < 4.78 is 0. The van der Waals surface area contributed by atoms with Crippen LogP contribution >= 0.6 is 0 Å². The van der Waals surface area contributed by atoms with Crippen LogP contribution in [0.4, 0.5) is 0 Å². The first-order valence-electron chi connectivity index (χ1n) is 6.70. The lowest BCUT2D eigenvalue weighted by molar-refractivity contribution is 0.771. The molecule has 0 fully saturated rings. The van der Waals surface area contributed by atoms with Crippen molar-refractivity contribution < 1.29 is 0 Å². The molecule has 2 heteroatoms. The van der Waals surface area contributed by atoms with E-state index in [0.717, 1.165) is 24.2 Å². The Morgan fingerprint density at radius 3 is 2.61 bits per heavy atom. The molecule has 1 aromatic heterocycles. The summed E-state index contributed by atoms with van der Waals surface area (Å²) in [7, 11) is 0. The van der Waals surface area contributed by atoms with Crippen LogP contribution < -0.4 is 0 Å². The maximum Gasteiger partial charge on any atom is 0.0964 e. The van der Waals surface area contributed by atoms with Crippen LogP contribution in [-0.4, -0.2) is 10.2 Å². The highest BCUT2D eigenvalue weighted by molar-refractivity contribution is 5.67. The van der Waals surface area contributed by atoms with E-state index in [0.29, 0.717) is 5.92 Å². The zero-order valence-electron chi connectivity index (χ0n) is 11.0. The Balaban J connectivity index is 2.16. The molecule has 0 amide bonds. The van der Waals surface area contributed by atoms with Gasteiger partial charge in [0.25, 0.3) is 0 Å². The first-order valence-corrected chi connectivity index (χ1v) is 6.70. The third-order valence-corrected chi connectivity index (χ3v) is 3.65. The van der Waals surface area contributed by atoms with Crippen molar-refractivity contribution in [2.45, 2.75) is 39.0 Å². The average Bonchev–Trinajstić information content (AvgIpc) is 2.57. The number of fused-ring (bicyclic) bond motifs is 3. The molecule has 1 aromatic carbocycles. The maximum atomic E-state index is 4.49. The second-order valence-corrected chi connectivity index (χ2v) is 5.31. The average molecular weight is 238 g/mol. The molecule has 0 aliphatic heterocycles. The summed E-state index contributed by atoms with van der Waals surface area (Å²) in [6.45, 7) is 4.34. The Morgan fingerprint density at radius 1 is 1.00 bits per heavy atom. The zero-order valence-corrected chi connectivity index (χ0v) is 11.0. The van der Waals surface area contributed by atoms with Gasteiger partial charge in [0.05, 0.1) is 11.4 Å². The van der Waals surface area contributed by atoms with Crippen molar-refractivity contribution in [2.24, 2.45) is 0 Å². The van der Waals surface area contributed by atoms with Gasteiger partial charge in [-0.05, 0) is 42.4 Å². The molecule has 0 bridgehead atoms. The van der Waals surface area contributed by atoms with E-state index in [9.17, 15) is 0 Å². The minimum absolute atomic E-state index is 0.446. The number of rotatable bonds is 1. The van der Waals surface area contributed by atoms with Crippen LogP contribution in [0.5, 0.6) is 0 Å². The highest BCUT2D eigenvalue weighted by atomic mass is 15.1. The van der Waals surface area contributed by atoms with E-state index >= 15 is 0 Å². The van der Waals surface area contributed by atoms with Crippen LogP contribution in [0.2, 0.25) is 0 Å². The Bertz CT molecular complexity index is 573. The second-order valence-electron chi connectivity index (χ2n) is 5.31. The molecule has 0 spiro atoms. The molecular weight excluding hydrogens is 220 g/mol. The predicted octanol–water partition coefficient (Wildman–Crippen LogP) is 3.76. The standard InChI is InChI=1S/C16H18N2/c1-11(2)15-10-13-8-5-7-12-6-3-4-9-14(12)16(13)18-17-15/h3-4,6,9-11H,5,7-8H2,1-2H3. The number of hydrogen-bond acceptors (Lipinski definition) is 2. The lowest BCUT2D eigenvalue weighted by atomic mass is 10.0. The Kier molecular flexibility index (Phi) is 2.86. The molecule has 18 heavy (non-hydrogen) atoms. The van der Waals surface area contributed by atoms with E-state index in [4.69, 9.17) is 0 Å². The van der Waals surface area contributed by atoms with Crippen LogP contribution in [-0.2, 0) is 12.8 Å². The van der Waals surface area contributed by atoms with Crippen LogP contribution in [0.3, 0.4) is 0 Å². The maximum absolute atomic E-state index is 4.49. The van der Waals surface area contributed by atoms with Crippen LogP contribution in [0, 0.1) is 0 Å². The van der Waals surface area contributed by atoms with Gasteiger partial charge in [-0.25, -0.2) is 0 Å². The minimum atomic E-state index is 0.446. The first-order chi connectivity index (χ1) is 8.75. The van der Waals surface area contributed by atoms with Gasteiger partial charge in [-0.1, -0.05) is 38.1 Å². The predicted molar refractivity (Wildman–Crippen MR) is 73.6 cm³/mol. The third kappa shape index (κ3) is 1.92. The zero-order chi connectivity index (χ0) is 12.5. The van der Waals surface area contributed by atoms with Crippen LogP contribution in [0.15, 0.2) is 30.3 Å². The monoisotopic (exact) mass is 238 g/mol. The van der Waals surface area contributed by atoms with Gasteiger partial charge in [-0.2, -0.15) is 5.10 Å². The van der Waals surface area contributed by atoms with E-state index in [-0.39, 0.29) is 0 Å². The summed E-state index contributed by atoms with van der Waals surface area (Å²) in [5, 5.41) is 8.87. The normalized spacial score (nSPS) is 13.9. The van der Waals surface area contributed by atoms with Gasteiger partial charge in [-0.3, -0.25) is 0 Å². The van der Waals surface area contributed by atoms with Crippen molar-refractivity contribution in [2.75, 3.05) is 0 Å². The smallest absolute Gasteiger partial charge is 0.0964 e. The Labute approximate surface area is 108 Å². The van der Waals surface area contributed by atoms with Crippen molar-refractivity contribution in [3.05, 3.63) is 47.2 Å². The number of aromatic nitrogens is 2. The number of nitrogens with zero attached hydrogens (tertiary/aromatic N) is 2. The van der Waals surface area contributed by atoms with Crippen molar-refractivity contribution in [1.82, 2.24) is 10.2 Å². The fraction of sp³-hybridized carbons (Fsp3) is 0.375. The SMILES string of the molecule is CC(C)c1cc2c(nn1)-c1ccccc1CCC2. The molecule has 0 atom stereocenters. The van der Waals surface area contributed by atoms with Crippen molar-refractivity contribution in [3.63, 3.8) is 0 Å². The third-order valence-electron chi connectivity index (χ3n) is 3.65. The highest BCUT2D eigenvalue weighted by Gasteiger charge is 2.17. The summed E-state index contributed by atoms with van der Waals surface area (Å²) in [4.78, 5) is 0. The molecule has 92 valence electrons. The van der Waals surface area contributed by atoms with E-state index in [1.807, 2.05) is 0 Å². The molecule has 0 radical (unpaired) electrons. The van der Waals surface area contributed by atoms with Crippen molar-refractivity contribution in [1.29, 1.82) is 0 Å². The molecule has 1 aliphatic rings. The van der Waals surface area contributed by atoms with E-state index in [1.165, 1.54) is 23.1 Å². The largest absolute Gasteiger partial charge is 0.155 e. The fourth-order valence-corrected chi connectivity index (χ4v) is 2.59. The molecular formula is C16H18N2. The molecule has 0 N–H and O–H groups in total. The second kappa shape index (κ2) is 4.52. The summed E-state index contributed by atoms with van der Waals surface area (Å²) in [6.07, 6.45) is 3.45. The number of benzene rings is 1. The highest BCUT2D eigenvalue weighted by Crippen LogP contribution is 2.31. The van der Waals surface area contributed by atoms with Gasteiger partial charge in [0.2, 0.25) is 0 Å². The minimum Gasteiger partial charge on any atom is -0.155 e. The van der Waals surface area contributed by atoms with E-state index in [2.05, 4.69) is 54.4 Å². The summed E-state index contributed by atoms with van der Waals surface area (Å²) >= 11 is 0. The Morgan fingerprint density at radius 2 is 1.78 bits per heavy atom. The van der Waals surface area contributed by atoms with Gasteiger partial charge >= 0.3 is 0 Å². The molecule has 0 saturated carbocycles. The lowest BCUT2D eigenvalue weighted by Crippen LogP contribution is -2.01. The number of hydrogen-bond donors (Lipinski definition) is 0.